The van der Waals surface area contributed by atoms with Crippen LogP contribution in [0.25, 0.3) is 11.2 Å². The average molecular weight is 350 g/mol. The number of hydrogen-bond donors (Lipinski definition) is 2. The molecule has 2 rings (SSSR count). The Hall–Kier alpha value is -2.91. The van der Waals surface area contributed by atoms with Gasteiger partial charge in [0.2, 0.25) is 0 Å². The summed E-state index contributed by atoms with van der Waals surface area (Å²) >= 11 is 0. The monoisotopic (exact) mass is 350 g/mol. The number of aryl methyl sites for hydroxylation is 1. The Morgan fingerprint density at radius 2 is 1.76 bits per heavy atom. The molecule has 0 fully saturated rings. The minimum Gasteiger partial charge on any atom is -0.333 e. The van der Waals surface area contributed by atoms with E-state index in [4.69, 9.17) is 0 Å². The highest BCUT2D eigenvalue weighted by molar-refractivity contribution is 5.96. The summed E-state index contributed by atoms with van der Waals surface area (Å²) in [4.78, 5) is 52.6. The lowest BCUT2D eigenvalue weighted by atomic mass is 10.1. The van der Waals surface area contributed by atoms with Crippen molar-refractivity contribution in [3.05, 3.63) is 27.2 Å². The topological polar surface area (TPSA) is 120 Å². The van der Waals surface area contributed by atoms with Crippen molar-refractivity contribution in [2.75, 3.05) is 0 Å². The molecule has 10 heteroatoms. The van der Waals surface area contributed by atoms with Gasteiger partial charge in [-0.25, -0.2) is 14.6 Å². The number of carbonyl (C=O) groups is 2. The second-order valence-corrected chi connectivity index (χ2v) is 6.90. The number of amides is 3. The Kier molecular flexibility index (Phi) is 4.56. The van der Waals surface area contributed by atoms with Gasteiger partial charge in [0.05, 0.1) is 6.33 Å². The molecule has 0 saturated heterocycles. The van der Waals surface area contributed by atoms with Crippen LogP contribution in [0.1, 0.15) is 33.7 Å². The fourth-order valence-electron chi connectivity index (χ4n) is 2.37. The quantitative estimate of drug-likeness (QED) is 0.765. The van der Waals surface area contributed by atoms with Gasteiger partial charge >= 0.3 is 11.7 Å². The van der Waals surface area contributed by atoms with Gasteiger partial charge in [-0.05, 0) is 27.7 Å². The maximum absolute atomic E-state index is 12.4. The summed E-state index contributed by atoms with van der Waals surface area (Å²) in [7, 11) is 2.84. The van der Waals surface area contributed by atoms with E-state index in [0.29, 0.717) is 0 Å². The number of nitrogens with zero attached hydrogens (tertiary/aromatic N) is 4. The van der Waals surface area contributed by atoms with Gasteiger partial charge in [-0.3, -0.25) is 24.0 Å². The number of imide groups is 1. The molecule has 0 aliphatic carbocycles. The minimum atomic E-state index is -0.874. The third kappa shape index (κ3) is 3.47. The Bertz CT molecular complexity index is 959. The van der Waals surface area contributed by atoms with Crippen LogP contribution in [0.4, 0.5) is 4.79 Å². The Morgan fingerprint density at radius 3 is 2.32 bits per heavy atom. The largest absolute Gasteiger partial charge is 0.333 e. The van der Waals surface area contributed by atoms with E-state index in [1.807, 2.05) is 0 Å². The molecule has 2 aromatic rings. The van der Waals surface area contributed by atoms with Gasteiger partial charge in [0.15, 0.2) is 11.2 Å². The van der Waals surface area contributed by atoms with Crippen LogP contribution in [0.15, 0.2) is 15.9 Å². The second-order valence-electron chi connectivity index (χ2n) is 6.90. The van der Waals surface area contributed by atoms with Crippen LogP contribution >= 0.6 is 0 Å². The minimum absolute atomic E-state index is 0.114. The summed E-state index contributed by atoms with van der Waals surface area (Å²) in [6.07, 6.45) is 1.30. The van der Waals surface area contributed by atoms with E-state index in [-0.39, 0.29) is 11.2 Å². The van der Waals surface area contributed by atoms with Crippen LogP contribution in [0, 0.1) is 0 Å². The van der Waals surface area contributed by atoms with Crippen LogP contribution in [0.5, 0.6) is 0 Å². The number of hydrogen-bond acceptors (Lipinski definition) is 5. The van der Waals surface area contributed by atoms with Gasteiger partial charge in [0, 0.05) is 19.6 Å². The van der Waals surface area contributed by atoms with Crippen molar-refractivity contribution in [3.8, 4) is 0 Å². The molecule has 136 valence electrons. The first-order valence-electron chi connectivity index (χ1n) is 7.69. The summed E-state index contributed by atoms with van der Waals surface area (Å²) in [5, 5.41) is 4.85. The number of fused-ring (bicyclic) bond motifs is 1. The van der Waals surface area contributed by atoms with Crippen molar-refractivity contribution in [1.82, 2.24) is 29.3 Å². The van der Waals surface area contributed by atoms with Crippen LogP contribution in [-0.4, -0.2) is 36.2 Å². The third-order valence-electron chi connectivity index (χ3n) is 3.70. The maximum Gasteiger partial charge on any atom is 0.332 e. The molecule has 1 atom stereocenters. The smallest absolute Gasteiger partial charge is 0.332 e. The first-order valence-corrected chi connectivity index (χ1v) is 7.69. The predicted octanol–water partition coefficient (Wildman–Crippen LogP) is -0.381. The number of nitrogens with one attached hydrogen (secondary N) is 2. The number of carbonyl (C=O) groups excluding carboxylic acids is 2. The van der Waals surface area contributed by atoms with E-state index in [1.54, 1.807) is 20.8 Å². The molecule has 0 saturated carbocycles. The van der Waals surface area contributed by atoms with Gasteiger partial charge in [0.1, 0.15) is 6.04 Å². The molecule has 0 aliphatic rings. The Balaban J connectivity index is 2.39. The van der Waals surface area contributed by atoms with Crippen molar-refractivity contribution < 1.29 is 9.59 Å². The molecule has 3 amide bonds. The Labute approximate surface area is 143 Å². The van der Waals surface area contributed by atoms with Crippen LogP contribution in [0.2, 0.25) is 0 Å². The SMILES string of the molecule is CC(C(=O)NC(=O)NC(C)(C)C)n1cnc2c1c(=O)n(C)c(=O)n2C. The molecule has 2 N–H and O–H groups in total. The van der Waals surface area contributed by atoms with Crippen molar-refractivity contribution >= 4 is 23.1 Å². The van der Waals surface area contributed by atoms with Gasteiger partial charge in [-0.2, -0.15) is 0 Å². The first kappa shape index (κ1) is 18.4. The van der Waals surface area contributed by atoms with E-state index in [9.17, 15) is 19.2 Å². The highest BCUT2D eigenvalue weighted by atomic mass is 16.2. The third-order valence-corrected chi connectivity index (χ3v) is 3.70. The molecule has 2 heterocycles. The van der Waals surface area contributed by atoms with E-state index in [0.717, 1.165) is 4.57 Å². The van der Waals surface area contributed by atoms with Gasteiger partial charge < -0.3 is 9.88 Å². The second kappa shape index (κ2) is 6.19. The van der Waals surface area contributed by atoms with Crippen LogP contribution < -0.4 is 21.9 Å². The molecule has 0 aliphatic heterocycles. The first-order chi connectivity index (χ1) is 11.4. The molecule has 1 unspecified atom stereocenters. The van der Waals surface area contributed by atoms with Crippen molar-refractivity contribution in [2.24, 2.45) is 14.1 Å². The average Bonchev–Trinajstić information content (AvgIpc) is 2.92. The molecule has 0 aromatic carbocycles. The van der Waals surface area contributed by atoms with Crippen LogP contribution in [0.3, 0.4) is 0 Å². The number of imidazole rings is 1. The number of urea groups is 1. The Morgan fingerprint density at radius 1 is 1.16 bits per heavy atom. The summed E-state index contributed by atoms with van der Waals surface area (Å²) in [6.45, 7) is 6.89. The lowest BCUT2D eigenvalue weighted by Crippen LogP contribution is -2.49. The van der Waals surface area contributed by atoms with Gasteiger partial charge in [0.25, 0.3) is 11.5 Å². The highest BCUT2D eigenvalue weighted by Crippen LogP contribution is 2.13. The van der Waals surface area contributed by atoms with E-state index >= 15 is 0 Å². The molecule has 0 bridgehead atoms. The summed E-state index contributed by atoms with van der Waals surface area (Å²) in [5.41, 5.74) is -1.28. The van der Waals surface area contributed by atoms with Gasteiger partial charge in [-0.1, -0.05) is 0 Å². The predicted molar refractivity (Wildman–Crippen MR) is 91.4 cm³/mol. The molecule has 10 nitrogen and oxygen atoms in total. The van der Waals surface area contributed by atoms with E-state index < -0.39 is 34.8 Å². The molecule has 2 aromatic heterocycles. The zero-order valence-electron chi connectivity index (χ0n) is 15.1. The van der Waals surface area contributed by atoms with Crippen molar-refractivity contribution in [2.45, 2.75) is 39.3 Å². The normalized spacial score (nSPS) is 12.9. The van der Waals surface area contributed by atoms with Crippen LogP contribution in [-0.2, 0) is 18.9 Å². The number of aromatic nitrogens is 4. The molecular weight excluding hydrogens is 328 g/mol. The lowest BCUT2D eigenvalue weighted by Gasteiger charge is -2.21. The summed E-state index contributed by atoms with van der Waals surface area (Å²) < 4.78 is 3.51. The van der Waals surface area contributed by atoms with Gasteiger partial charge in [-0.15, -0.1) is 0 Å². The number of rotatable bonds is 2. The fraction of sp³-hybridized carbons (Fsp3) is 0.533. The van der Waals surface area contributed by atoms with Crippen molar-refractivity contribution in [3.63, 3.8) is 0 Å². The standard InChI is InChI=1S/C15H22N6O4/c1-8(11(22)17-13(24)18-15(2,3)4)21-7-16-10-9(21)12(23)20(6)14(25)19(10)5/h7-8H,1-6H3,(H2,17,18,22,24). The highest BCUT2D eigenvalue weighted by Gasteiger charge is 2.24. The van der Waals surface area contributed by atoms with Crippen molar-refractivity contribution in [1.29, 1.82) is 0 Å². The molecular formula is C15H22N6O4. The van der Waals surface area contributed by atoms with E-state index in [2.05, 4.69) is 15.6 Å². The van der Waals surface area contributed by atoms with E-state index in [1.165, 1.54) is 36.5 Å². The fourth-order valence-corrected chi connectivity index (χ4v) is 2.37. The molecule has 0 radical (unpaired) electrons. The zero-order valence-corrected chi connectivity index (χ0v) is 15.1. The molecule has 25 heavy (non-hydrogen) atoms. The lowest BCUT2D eigenvalue weighted by molar-refractivity contribution is -0.122. The maximum atomic E-state index is 12.4. The summed E-state index contributed by atoms with van der Waals surface area (Å²) in [5.74, 6) is -0.600. The summed E-state index contributed by atoms with van der Waals surface area (Å²) in [6, 6.07) is -1.50. The zero-order chi connectivity index (χ0) is 19.1. The molecule has 0 spiro atoms.